The lowest BCUT2D eigenvalue weighted by Gasteiger charge is -2.32. The van der Waals surface area contributed by atoms with Gasteiger partial charge in [-0.15, -0.1) is 11.3 Å². The fourth-order valence-corrected chi connectivity index (χ4v) is 3.43. The fourth-order valence-electron chi connectivity index (χ4n) is 2.71. The lowest BCUT2D eigenvalue weighted by molar-refractivity contribution is -0.134. The van der Waals surface area contributed by atoms with Gasteiger partial charge in [-0.25, -0.2) is 0 Å². The summed E-state index contributed by atoms with van der Waals surface area (Å²) in [5, 5.41) is 5.46. The van der Waals surface area contributed by atoms with Crippen LogP contribution in [0.5, 0.6) is 0 Å². The van der Waals surface area contributed by atoms with Gasteiger partial charge in [-0.1, -0.05) is 19.4 Å². The molecule has 0 saturated carbocycles. The van der Waals surface area contributed by atoms with Crippen LogP contribution in [-0.4, -0.2) is 29.9 Å². The van der Waals surface area contributed by atoms with Gasteiger partial charge in [0.05, 0.1) is 12.6 Å². The van der Waals surface area contributed by atoms with E-state index in [4.69, 9.17) is 0 Å². The van der Waals surface area contributed by atoms with Crippen LogP contribution < -0.4 is 5.32 Å². The van der Waals surface area contributed by atoms with Gasteiger partial charge >= 0.3 is 0 Å². The average molecular weight is 280 g/mol. The smallest absolute Gasteiger partial charge is 0.240 e. The SMILES string of the molecule is CCC1CCNC(C(=O)N(CC)Cc2cccs2)C1. The highest BCUT2D eigenvalue weighted by Gasteiger charge is 2.28. The summed E-state index contributed by atoms with van der Waals surface area (Å²) in [5.74, 6) is 0.977. The van der Waals surface area contributed by atoms with E-state index in [0.29, 0.717) is 5.92 Å². The zero-order valence-electron chi connectivity index (χ0n) is 11.9. The van der Waals surface area contributed by atoms with Crippen LogP contribution >= 0.6 is 11.3 Å². The first-order chi connectivity index (χ1) is 9.24. The van der Waals surface area contributed by atoms with Crippen molar-refractivity contribution in [2.75, 3.05) is 13.1 Å². The van der Waals surface area contributed by atoms with Gasteiger partial charge < -0.3 is 10.2 Å². The van der Waals surface area contributed by atoms with E-state index in [-0.39, 0.29) is 11.9 Å². The average Bonchev–Trinajstić information content (AvgIpc) is 2.97. The molecule has 106 valence electrons. The number of likely N-dealkylation sites (N-methyl/N-ethyl adjacent to an activating group) is 1. The zero-order valence-corrected chi connectivity index (χ0v) is 12.7. The number of hydrogen-bond donors (Lipinski definition) is 1. The van der Waals surface area contributed by atoms with Crippen LogP contribution in [0.2, 0.25) is 0 Å². The van der Waals surface area contributed by atoms with Gasteiger partial charge in [0.1, 0.15) is 0 Å². The molecular weight excluding hydrogens is 256 g/mol. The number of amides is 1. The molecule has 0 aromatic carbocycles. The molecule has 0 aliphatic carbocycles. The normalized spacial score (nSPS) is 23.3. The number of rotatable bonds is 5. The van der Waals surface area contributed by atoms with E-state index in [2.05, 4.69) is 30.6 Å². The number of nitrogens with zero attached hydrogens (tertiary/aromatic N) is 1. The van der Waals surface area contributed by atoms with Crippen LogP contribution in [0.15, 0.2) is 17.5 Å². The molecule has 1 saturated heterocycles. The summed E-state index contributed by atoms with van der Waals surface area (Å²) in [6.45, 7) is 6.80. The summed E-state index contributed by atoms with van der Waals surface area (Å²) < 4.78 is 0. The molecule has 1 fully saturated rings. The number of carbonyl (C=O) groups excluding carboxylic acids is 1. The second kappa shape index (κ2) is 7.06. The van der Waals surface area contributed by atoms with Gasteiger partial charge in [0, 0.05) is 11.4 Å². The molecule has 1 N–H and O–H groups in total. The van der Waals surface area contributed by atoms with E-state index in [0.717, 1.165) is 26.1 Å². The summed E-state index contributed by atoms with van der Waals surface area (Å²) in [6, 6.07) is 4.17. The molecule has 0 spiro atoms. The van der Waals surface area contributed by atoms with Crippen LogP contribution in [0.4, 0.5) is 0 Å². The second-order valence-electron chi connectivity index (χ2n) is 5.24. The van der Waals surface area contributed by atoms with Gasteiger partial charge in [-0.2, -0.15) is 0 Å². The van der Waals surface area contributed by atoms with Gasteiger partial charge in [0.15, 0.2) is 0 Å². The van der Waals surface area contributed by atoms with E-state index < -0.39 is 0 Å². The Kier molecular flexibility index (Phi) is 5.40. The van der Waals surface area contributed by atoms with Gasteiger partial charge in [0.2, 0.25) is 5.91 Å². The van der Waals surface area contributed by atoms with Gasteiger partial charge in [0.25, 0.3) is 0 Å². The van der Waals surface area contributed by atoms with Crippen molar-refractivity contribution in [1.82, 2.24) is 10.2 Å². The standard InChI is InChI=1S/C15H24N2OS/c1-3-12-7-8-16-14(10-12)15(18)17(4-2)11-13-6-5-9-19-13/h5-6,9,12,14,16H,3-4,7-8,10-11H2,1-2H3. The van der Waals surface area contributed by atoms with E-state index in [9.17, 15) is 4.79 Å². The van der Waals surface area contributed by atoms with E-state index in [1.165, 1.54) is 17.7 Å². The van der Waals surface area contributed by atoms with Crippen molar-refractivity contribution in [3.05, 3.63) is 22.4 Å². The maximum atomic E-state index is 12.6. The lowest BCUT2D eigenvalue weighted by atomic mass is 9.90. The summed E-state index contributed by atoms with van der Waals surface area (Å²) in [4.78, 5) is 15.8. The number of carbonyl (C=O) groups is 1. The van der Waals surface area contributed by atoms with Crippen LogP contribution in [-0.2, 0) is 11.3 Å². The molecule has 2 rings (SSSR count). The van der Waals surface area contributed by atoms with Crippen molar-refractivity contribution < 1.29 is 4.79 Å². The lowest BCUT2D eigenvalue weighted by Crippen LogP contribution is -2.50. The minimum Gasteiger partial charge on any atom is -0.336 e. The quantitative estimate of drug-likeness (QED) is 0.899. The van der Waals surface area contributed by atoms with E-state index in [1.807, 2.05) is 11.0 Å². The minimum atomic E-state index is 0.0265. The third-order valence-electron chi connectivity index (χ3n) is 4.01. The number of nitrogens with one attached hydrogen (secondary N) is 1. The molecule has 1 aromatic heterocycles. The van der Waals surface area contributed by atoms with Crippen molar-refractivity contribution in [2.24, 2.45) is 5.92 Å². The molecule has 1 aliphatic heterocycles. The molecule has 2 unspecified atom stereocenters. The molecule has 1 aliphatic rings. The highest BCUT2D eigenvalue weighted by molar-refractivity contribution is 7.09. The predicted octanol–water partition coefficient (Wildman–Crippen LogP) is 2.87. The monoisotopic (exact) mass is 280 g/mol. The second-order valence-corrected chi connectivity index (χ2v) is 6.27. The third kappa shape index (κ3) is 3.80. The van der Waals surface area contributed by atoms with E-state index >= 15 is 0 Å². The maximum absolute atomic E-state index is 12.6. The van der Waals surface area contributed by atoms with Crippen LogP contribution in [0.3, 0.4) is 0 Å². The zero-order chi connectivity index (χ0) is 13.7. The molecule has 3 nitrogen and oxygen atoms in total. The highest BCUT2D eigenvalue weighted by Crippen LogP contribution is 2.21. The van der Waals surface area contributed by atoms with Crippen molar-refractivity contribution >= 4 is 17.2 Å². The molecule has 19 heavy (non-hydrogen) atoms. The molecule has 1 aromatic rings. The van der Waals surface area contributed by atoms with Crippen LogP contribution in [0, 0.1) is 5.92 Å². The Balaban J connectivity index is 1.95. The van der Waals surface area contributed by atoms with E-state index in [1.54, 1.807) is 11.3 Å². The molecule has 0 radical (unpaired) electrons. The molecule has 1 amide bonds. The number of thiophene rings is 1. The van der Waals surface area contributed by atoms with Crippen molar-refractivity contribution in [2.45, 2.75) is 45.7 Å². The van der Waals surface area contributed by atoms with Gasteiger partial charge in [-0.05, 0) is 43.7 Å². The molecule has 0 bridgehead atoms. The topological polar surface area (TPSA) is 32.3 Å². The Morgan fingerprint density at radius 3 is 3.00 bits per heavy atom. The first-order valence-corrected chi connectivity index (χ1v) is 8.17. The Morgan fingerprint density at radius 1 is 1.53 bits per heavy atom. The Morgan fingerprint density at radius 2 is 2.37 bits per heavy atom. The minimum absolute atomic E-state index is 0.0265. The summed E-state index contributed by atoms with van der Waals surface area (Å²) >= 11 is 1.72. The largest absolute Gasteiger partial charge is 0.336 e. The summed E-state index contributed by atoms with van der Waals surface area (Å²) in [5.41, 5.74) is 0. The summed E-state index contributed by atoms with van der Waals surface area (Å²) in [7, 11) is 0. The Bertz CT molecular complexity index is 391. The van der Waals surface area contributed by atoms with Crippen molar-refractivity contribution in [3.63, 3.8) is 0 Å². The third-order valence-corrected chi connectivity index (χ3v) is 4.87. The molecule has 2 atom stereocenters. The van der Waals surface area contributed by atoms with Crippen molar-refractivity contribution in [1.29, 1.82) is 0 Å². The molecule has 2 heterocycles. The number of piperidine rings is 1. The first kappa shape index (κ1) is 14.5. The maximum Gasteiger partial charge on any atom is 0.240 e. The summed E-state index contributed by atoms with van der Waals surface area (Å²) in [6.07, 6.45) is 3.39. The molecule has 4 heteroatoms. The fraction of sp³-hybridized carbons (Fsp3) is 0.667. The first-order valence-electron chi connectivity index (χ1n) is 7.29. The van der Waals surface area contributed by atoms with Crippen LogP contribution in [0.1, 0.15) is 38.0 Å². The van der Waals surface area contributed by atoms with Crippen molar-refractivity contribution in [3.8, 4) is 0 Å². The Labute approximate surface area is 120 Å². The van der Waals surface area contributed by atoms with Gasteiger partial charge in [-0.3, -0.25) is 4.79 Å². The Hall–Kier alpha value is -0.870. The molecular formula is C15H24N2OS. The highest BCUT2D eigenvalue weighted by atomic mass is 32.1. The predicted molar refractivity (Wildman–Crippen MR) is 80.2 cm³/mol. The number of hydrogen-bond acceptors (Lipinski definition) is 3. The van der Waals surface area contributed by atoms with Crippen LogP contribution in [0.25, 0.3) is 0 Å².